The fraction of sp³-hybridized carbons (Fsp3) is 0.976. The summed E-state index contributed by atoms with van der Waals surface area (Å²) in [6.45, 7) is 16.1. The molecule has 0 aromatic carbocycles. The summed E-state index contributed by atoms with van der Waals surface area (Å²) in [7, 11) is 4.32. The zero-order valence-electron chi connectivity index (χ0n) is 30.7. The first-order valence-corrected chi connectivity index (χ1v) is 19.7. The van der Waals surface area contributed by atoms with E-state index in [1.54, 1.807) is 0 Å². The van der Waals surface area contributed by atoms with Crippen LogP contribution in [0.1, 0.15) is 183 Å². The summed E-state index contributed by atoms with van der Waals surface area (Å²) in [4.78, 5) is 14.4. The van der Waals surface area contributed by atoms with Crippen LogP contribution in [0.3, 0.4) is 0 Å². The molecule has 0 N–H and O–H groups in total. The number of nitrogens with zero attached hydrogens (tertiary/aromatic N) is 1. The van der Waals surface area contributed by atoms with Gasteiger partial charge in [0.05, 0.1) is 0 Å². The summed E-state index contributed by atoms with van der Waals surface area (Å²) >= 11 is 0. The summed E-state index contributed by atoms with van der Waals surface area (Å²) in [5, 5.41) is 0. The molecule has 0 radical (unpaired) electrons. The average molecular weight is 600 g/mol. The fourth-order valence-corrected chi connectivity index (χ4v) is 11.0. The van der Waals surface area contributed by atoms with Crippen molar-refractivity contribution in [2.24, 2.45) is 52.3 Å². The second-order valence-corrected chi connectivity index (χ2v) is 17.4. The van der Waals surface area contributed by atoms with E-state index in [-0.39, 0.29) is 0 Å². The molecule has 0 aromatic heterocycles. The monoisotopic (exact) mass is 600 g/mol. The highest BCUT2D eigenvalue weighted by Crippen LogP contribution is 2.68. The van der Waals surface area contributed by atoms with Gasteiger partial charge >= 0.3 is 0 Å². The molecule has 4 aliphatic rings. The van der Waals surface area contributed by atoms with E-state index in [1.165, 1.54) is 135 Å². The standard InChI is InChI=1S/C27H46O.C14H31N/c1-18(2)7-6-8-19(3)23-11-12-24-22-10-9-20-17-21(28)13-15-26(20,4)25(22)14-16-27(23,24)5;1-4-5-6-7-8-9-10-11-12-13-14-15(2)3/h18-20,22-25H,6-17H2,1-5H3;4-14H2,1-3H3/t19-,20?,22+,23-,24+,25+,26+,27-;/m1./s1. The molecule has 0 aliphatic heterocycles. The Morgan fingerprint density at radius 3 is 1.98 bits per heavy atom. The van der Waals surface area contributed by atoms with Gasteiger partial charge in [-0.15, -0.1) is 0 Å². The minimum absolute atomic E-state index is 0.471. The second kappa shape index (κ2) is 18.1. The van der Waals surface area contributed by atoms with E-state index < -0.39 is 0 Å². The van der Waals surface area contributed by atoms with Gasteiger partial charge in [-0.05, 0) is 124 Å². The third-order valence-electron chi connectivity index (χ3n) is 13.6. The second-order valence-electron chi connectivity index (χ2n) is 17.4. The minimum atomic E-state index is 0.471. The molecule has 0 aromatic rings. The lowest BCUT2D eigenvalue weighted by molar-refractivity contribution is -0.140. The van der Waals surface area contributed by atoms with Crippen LogP contribution in [0.15, 0.2) is 0 Å². The highest BCUT2D eigenvalue weighted by Gasteiger charge is 2.60. The maximum absolute atomic E-state index is 12.1. The predicted octanol–water partition coefficient (Wildman–Crippen LogP) is 12.1. The molecule has 4 aliphatic carbocycles. The number of carbonyl (C=O) groups excluding carboxylic acids is 1. The van der Waals surface area contributed by atoms with Crippen LogP contribution < -0.4 is 0 Å². The van der Waals surface area contributed by atoms with Crippen molar-refractivity contribution in [2.45, 2.75) is 183 Å². The summed E-state index contributed by atoms with van der Waals surface area (Å²) in [6, 6.07) is 0. The van der Waals surface area contributed by atoms with Gasteiger partial charge in [0.1, 0.15) is 5.78 Å². The first kappa shape index (κ1) is 37.1. The lowest BCUT2D eigenvalue weighted by atomic mass is 9.44. The van der Waals surface area contributed by atoms with E-state index >= 15 is 0 Å². The Labute approximate surface area is 270 Å². The van der Waals surface area contributed by atoms with E-state index in [0.29, 0.717) is 22.5 Å². The maximum Gasteiger partial charge on any atom is 0.133 e. The van der Waals surface area contributed by atoms with Gasteiger partial charge in [0.2, 0.25) is 0 Å². The van der Waals surface area contributed by atoms with E-state index in [2.05, 4.69) is 60.5 Å². The van der Waals surface area contributed by atoms with Crippen LogP contribution in [0.2, 0.25) is 0 Å². The quantitative estimate of drug-likeness (QED) is 0.164. The van der Waals surface area contributed by atoms with Crippen molar-refractivity contribution < 1.29 is 4.79 Å². The van der Waals surface area contributed by atoms with Crippen molar-refractivity contribution in [2.75, 3.05) is 20.6 Å². The van der Waals surface area contributed by atoms with Crippen molar-refractivity contribution in [1.82, 2.24) is 4.90 Å². The number of ketones is 1. The molecule has 0 spiro atoms. The van der Waals surface area contributed by atoms with Gasteiger partial charge in [-0.1, -0.05) is 119 Å². The molecule has 2 nitrogen and oxygen atoms in total. The number of fused-ring (bicyclic) bond motifs is 5. The third-order valence-corrected chi connectivity index (χ3v) is 13.6. The number of Topliss-reactive ketones (excluding diaryl/α,β-unsaturated/α-hetero) is 1. The summed E-state index contributed by atoms with van der Waals surface area (Å²) < 4.78 is 0. The molecule has 4 rings (SSSR count). The van der Waals surface area contributed by atoms with E-state index in [9.17, 15) is 4.79 Å². The number of hydrogen-bond acceptors (Lipinski definition) is 2. The van der Waals surface area contributed by atoms with E-state index in [4.69, 9.17) is 0 Å². The minimum Gasteiger partial charge on any atom is -0.309 e. The van der Waals surface area contributed by atoms with Crippen LogP contribution in [0.5, 0.6) is 0 Å². The Hall–Kier alpha value is -0.370. The van der Waals surface area contributed by atoms with Crippen molar-refractivity contribution >= 4 is 5.78 Å². The molecule has 43 heavy (non-hydrogen) atoms. The van der Waals surface area contributed by atoms with Gasteiger partial charge in [-0.3, -0.25) is 4.79 Å². The number of rotatable bonds is 16. The lowest BCUT2D eigenvalue weighted by Gasteiger charge is -2.60. The molecular weight excluding hydrogens is 522 g/mol. The van der Waals surface area contributed by atoms with Crippen LogP contribution in [-0.4, -0.2) is 31.3 Å². The maximum atomic E-state index is 12.1. The molecule has 0 saturated heterocycles. The zero-order chi connectivity index (χ0) is 31.5. The van der Waals surface area contributed by atoms with Crippen molar-refractivity contribution in [3.05, 3.63) is 0 Å². The first-order valence-electron chi connectivity index (χ1n) is 19.7. The molecule has 252 valence electrons. The van der Waals surface area contributed by atoms with Crippen molar-refractivity contribution in [3.8, 4) is 0 Å². The number of unbranched alkanes of at least 4 members (excludes halogenated alkanes) is 9. The Morgan fingerprint density at radius 1 is 0.721 bits per heavy atom. The molecule has 8 atom stereocenters. The Morgan fingerprint density at radius 2 is 1.35 bits per heavy atom. The van der Waals surface area contributed by atoms with Crippen LogP contribution in [-0.2, 0) is 4.79 Å². The highest BCUT2D eigenvalue weighted by atomic mass is 16.1. The van der Waals surface area contributed by atoms with Crippen LogP contribution in [0.25, 0.3) is 0 Å². The smallest absolute Gasteiger partial charge is 0.133 e. The summed E-state index contributed by atoms with van der Waals surface area (Å²) in [5.74, 6) is 6.82. The molecule has 2 heteroatoms. The van der Waals surface area contributed by atoms with E-state index in [1.807, 2.05) is 0 Å². The average Bonchev–Trinajstić information content (AvgIpc) is 3.32. The SMILES string of the molecule is CC(C)CCC[C@@H](C)[C@H]1CC[C@H]2[C@@H]3CCC4CC(=O)CC[C@]4(C)[C@H]3CC[C@]12C.CCCCCCCCCCCCN(C)C. The van der Waals surface area contributed by atoms with Crippen LogP contribution >= 0.6 is 0 Å². The van der Waals surface area contributed by atoms with Crippen molar-refractivity contribution in [3.63, 3.8) is 0 Å². The van der Waals surface area contributed by atoms with Crippen molar-refractivity contribution in [1.29, 1.82) is 0 Å². The Kier molecular flexibility index (Phi) is 15.6. The summed E-state index contributed by atoms with van der Waals surface area (Å²) in [5.41, 5.74) is 1.07. The number of carbonyl (C=O) groups is 1. The summed E-state index contributed by atoms with van der Waals surface area (Å²) in [6.07, 6.45) is 30.3. The lowest BCUT2D eigenvalue weighted by Crippen LogP contribution is -2.53. The first-order chi connectivity index (χ1) is 20.5. The van der Waals surface area contributed by atoms with Crippen LogP contribution in [0, 0.1) is 52.3 Å². The van der Waals surface area contributed by atoms with E-state index in [0.717, 1.165) is 48.3 Å². The largest absolute Gasteiger partial charge is 0.309 e. The fourth-order valence-electron chi connectivity index (χ4n) is 11.0. The van der Waals surface area contributed by atoms with Gasteiger partial charge in [0.25, 0.3) is 0 Å². The molecule has 0 amide bonds. The topological polar surface area (TPSA) is 20.3 Å². The molecule has 4 fully saturated rings. The van der Waals surface area contributed by atoms with Gasteiger partial charge in [-0.25, -0.2) is 0 Å². The normalized spacial score (nSPS) is 34.4. The predicted molar refractivity (Wildman–Crippen MR) is 188 cm³/mol. The highest BCUT2D eigenvalue weighted by molar-refractivity contribution is 5.79. The molecular formula is C41H77NO. The molecule has 0 heterocycles. The molecule has 0 bridgehead atoms. The third kappa shape index (κ3) is 10.3. The Balaban J connectivity index is 0.000000289. The molecule has 1 unspecified atom stereocenters. The van der Waals surface area contributed by atoms with Gasteiger partial charge in [0.15, 0.2) is 0 Å². The van der Waals surface area contributed by atoms with Crippen LogP contribution in [0.4, 0.5) is 0 Å². The van der Waals surface area contributed by atoms with Gasteiger partial charge < -0.3 is 4.90 Å². The molecule has 4 saturated carbocycles. The Bertz CT molecular complexity index is 789. The van der Waals surface area contributed by atoms with Gasteiger partial charge in [-0.2, -0.15) is 0 Å². The number of hydrogen-bond donors (Lipinski definition) is 0. The zero-order valence-corrected chi connectivity index (χ0v) is 30.7. The van der Waals surface area contributed by atoms with Gasteiger partial charge in [0, 0.05) is 12.8 Å².